The summed E-state index contributed by atoms with van der Waals surface area (Å²) in [5.74, 6) is 0.496. The van der Waals surface area contributed by atoms with Gasteiger partial charge in [0, 0.05) is 7.05 Å². The Bertz CT molecular complexity index is 684. The molecule has 0 bridgehead atoms. The van der Waals surface area contributed by atoms with Gasteiger partial charge in [0.15, 0.2) is 0 Å². The molecule has 4 heteroatoms. The number of nitrogens with zero attached hydrogens (tertiary/aromatic N) is 1. The van der Waals surface area contributed by atoms with Crippen molar-refractivity contribution in [2.24, 2.45) is 5.92 Å². The molecule has 0 aliphatic carbocycles. The van der Waals surface area contributed by atoms with E-state index in [9.17, 15) is 9.90 Å². The summed E-state index contributed by atoms with van der Waals surface area (Å²) < 4.78 is 5.78. The number of hydrogen-bond acceptors (Lipinski definition) is 3. The molecule has 0 radical (unpaired) electrons. The Labute approximate surface area is 142 Å². The van der Waals surface area contributed by atoms with Crippen LogP contribution in [0.3, 0.4) is 0 Å². The smallest absolute Gasteiger partial charge is 0.228 e. The lowest BCUT2D eigenvalue weighted by Gasteiger charge is -2.22. The Morgan fingerprint density at radius 3 is 2.29 bits per heavy atom. The molecule has 1 N–H and O–H groups in total. The second kappa shape index (κ2) is 7.05. The highest BCUT2D eigenvalue weighted by molar-refractivity contribution is 5.81. The molecule has 0 spiro atoms. The van der Waals surface area contributed by atoms with Crippen molar-refractivity contribution in [2.75, 3.05) is 7.05 Å². The molecule has 3 atom stereocenters. The van der Waals surface area contributed by atoms with E-state index in [0.29, 0.717) is 13.0 Å². The largest absolute Gasteiger partial charge is 0.489 e. The summed E-state index contributed by atoms with van der Waals surface area (Å²) in [6.07, 6.45) is 0.0312. The number of aliphatic hydroxyl groups excluding tert-OH is 1. The van der Waals surface area contributed by atoms with E-state index in [1.807, 2.05) is 54.6 Å². The molecule has 3 rings (SSSR count). The molecule has 1 heterocycles. The van der Waals surface area contributed by atoms with E-state index in [0.717, 1.165) is 16.9 Å². The summed E-state index contributed by atoms with van der Waals surface area (Å²) in [6.45, 7) is 2.32. The highest BCUT2D eigenvalue weighted by Gasteiger charge is 2.42. The molecule has 1 saturated heterocycles. The SMILES string of the molecule is C[C@@H]1C(=O)N(C)[C@@H](Cc2ccc(OCc3ccccc3)cc2)[C@H]1O. The topological polar surface area (TPSA) is 49.8 Å². The second-order valence-electron chi connectivity index (χ2n) is 6.42. The molecule has 1 aliphatic rings. The number of ether oxygens (including phenoxy) is 1. The summed E-state index contributed by atoms with van der Waals surface area (Å²) in [5.41, 5.74) is 2.21. The van der Waals surface area contributed by atoms with Crippen LogP contribution in [0.25, 0.3) is 0 Å². The maximum Gasteiger partial charge on any atom is 0.228 e. The third-order valence-electron chi connectivity index (χ3n) is 4.76. The molecule has 2 aromatic rings. The first-order valence-corrected chi connectivity index (χ1v) is 8.26. The molecule has 4 nitrogen and oxygen atoms in total. The number of rotatable bonds is 5. The maximum atomic E-state index is 11.9. The highest BCUT2D eigenvalue weighted by Crippen LogP contribution is 2.26. The minimum atomic E-state index is -0.614. The van der Waals surface area contributed by atoms with E-state index in [4.69, 9.17) is 4.74 Å². The van der Waals surface area contributed by atoms with E-state index in [2.05, 4.69) is 0 Å². The summed E-state index contributed by atoms with van der Waals surface area (Å²) in [5, 5.41) is 10.2. The minimum absolute atomic E-state index is 0.00955. The van der Waals surface area contributed by atoms with Crippen molar-refractivity contribution < 1.29 is 14.6 Å². The number of carbonyl (C=O) groups excluding carboxylic acids is 1. The van der Waals surface area contributed by atoms with E-state index in [-0.39, 0.29) is 17.9 Å². The van der Waals surface area contributed by atoms with Crippen molar-refractivity contribution >= 4 is 5.91 Å². The lowest BCUT2D eigenvalue weighted by atomic mass is 9.98. The quantitative estimate of drug-likeness (QED) is 0.919. The van der Waals surface area contributed by atoms with Gasteiger partial charge in [-0.3, -0.25) is 4.79 Å². The van der Waals surface area contributed by atoms with Crippen LogP contribution in [0.15, 0.2) is 54.6 Å². The van der Waals surface area contributed by atoms with Gasteiger partial charge in [-0.15, -0.1) is 0 Å². The predicted octanol–water partition coefficient (Wildman–Crippen LogP) is 2.65. The number of benzene rings is 2. The van der Waals surface area contributed by atoms with Crippen molar-refractivity contribution in [3.63, 3.8) is 0 Å². The van der Waals surface area contributed by atoms with Gasteiger partial charge in [0.2, 0.25) is 5.91 Å². The number of likely N-dealkylation sites (tertiary alicyclic amines) is 1. The van der Waals surface area contributed by atoms with Gasteiger partial charge in [0.1, 0.15) is 12.4 Å². The Kier molecular flexibility index (Phi) is 4.86. The van der Waals surface area contributed by atoms with Crippen LogP contribution in [-0.2, 0) is 17.8 Å². The fourth-order valence-corrected chi connectivity index (χ4v) is 3.15. The van der Waals surface area contributed by atoms with Crippen molar-refractivity contribution in [1.29, 1.82) is 0 Å². The van der Waals surface area contributed by atoms with Crippen molar-refractivity contribution in [3.8, 4) is 5.75 Å². The number of carbonyl (C=O) groups is 1. The number of hydrogen-bond donors (Lipinski definition) is 1. The second-order valence-corrected chi connectivity index (χ2v) is 6.42. The third-order valence-corrected chi connectivity index (χ3v) is 4.76. The van der Waals surface area contributed by atoms with Crippen LogP contribution in [0.4, 0.5) is 0 Å². The van der Waals surface area contributed by atoms with Gasteiger partial charge < -0.3 is 14.7 Å². The first kappa shape index (κ1) is 16.5. The molecular formula is C20H23NO3. The molecule has 0 unspecified atom stereocenters. The molecule has 1 amide bonds. The van der Waals surface area contributed by atoms with Gasteiger partial charge in [0.05, 0.1) is 18.1 Å². The highest BCUT2D eigenvalue weighted by atomic mass is 16.5. The predicted molar refractivity (Wildman–Crippen MR) is 92.6 cm³/mol. The number of aliphatic hydroxyl groups is 1. The minimum Gasteiger partial charge on any atom is -0.489 e. The molecule has 1 aliphatic heterocycles. The van der Waals surface area contributed by atoms with E-state index >= 15 is 0 Å². The molecule has 0 saturated carbocycles. The van der Waals surface area contributed by atoms with Crippen LogP contribution in [0.5, 0.6) is 5.75 Å². The van der Waals surface area contributed by atoms with Gasteiger partial charge in [0.25, 0.3) is 0 Å². The molecule has 1 fully saturated rings. The summed E-state index contributed by atoms with van der Waals surface area (Å²) in [6, 6.07) is 17.7. The number of likely N-dealkylation sites (N-methyl/N-ethyl adjacent to an activating group) is 1. The van der Waals surface area contributed by atoms with Crippen molar-refractivity contribution in [2.45, 2.75) is 32.1 Å². The zero-order chi connectivity index (χ0) is 17.1. The van der Waals surface area contributed by atoms with Gasteiger partial charge in [-0.2, -0.15) is 0 Å². The molecular weight excluding hydrogens is 302 g/mol. The van der Waals surface area contributed by atoms with Gasteiger partial charge in [-0.05, 0) is 29.7 Å². The summed E-state index contributed by atoms with van der Waals surface area (Å²) in [7, 11) is 1.76. The zero-order valence-electron chi connectivity index (χ0n) is 14.1. The Hall–Kier alpha value is -2.33. The summed E-state index contributed by atoms with van der Waals surface area (Å²) in [4.78, 5) is 13.6. The lowest BCUT2D eigenvalue weighted by Crippen LogP contribution is -2.35. The first-order valence-electron chi connectivity index (χ1n) is 8.26. The van der Waals surface area contributed by atoms with Crippen LogP contribution in [0.1, 0.15) is 18.1 Å². The molecule has 2 aromatic carbocycles. The van der Waals surface area contributed by atoms with Crippen LogP contribution in [0, 0.1) is 5.92 Å². The van der Waals surface area contributed by atoms with Gasteiger partial charge in [-0.25, -0.2) is 0 Å². The standard InChI is InChI=1S/C20H23NO3/c1-14-19(22)18(21(2)20(14)23)12-15-8-10-17(11-9-15)24-13-16-6-4-3-5-7-16/h3-11,14,18-19,22H,12-13H2,1-2H3/t14-,18-,19-/m0/s1. The summed E-state index contributed by atoms with van der Waals surface area (Å²) >= 11 is 0. The Balaban J connectivity index is 1.60. The zero-order valence-corrected chi connectivity index (χ0v) is 14.1. The molecule has 126 valence electrons. The average molecular weight is 325 g/mol. The van der Waals surface area contributed by atoms with Crippen molar-refractivity contribution in [3.05, 3.63) is 65.7 Å². The van der Waals surface area contributed by atoms with Gasteiger partial charge in [-0.1, -0.05) is 49.4 Å². The number of amides is 1. The van der Waals surface area contributed by atoms with Crippen LogP contribution < -0.4 is 4.74 Å². The molecule has 24 heavy (non-hydrogen) atoms. The average Bonchev–Trinajstić information content (AvgIpc) is 2.80. The monoisotopic (exact) mass is 325 g/mol. The Morgan fingerprint density at radius 1 is 1.04 bits per heavy atom. The Morgan fingerprint density at radius 2 is 1.71 bits per heavy atom. The normalized spacial score (nSPS) is 23.5. The van der Waals surface area contributed by atoms with Crippen LogP contribution >= 0.6 is 0 Å². The van der Waals surface area contributed by atoms with E-state index in [1.54, 1.807) is 18.9 Å². The third kappa shape index (κ3) is 3.44. The van der Waals surface area contributed by atoms with E-state index in [1.165, 1.54) is 0 Å². The van der Waals surface area contributed by atoms with E-state index < -0.39 is 6.10 Å². The van der Waals surface area contributed by atoms with Crippen LogP contribution in [0.2, 0.25) is 0 Å². The molecule has 0 aromatic heterocycles. The fourth-order valence-electron chi connectivity index (χ4n) is 3.15. The fraction of sp³-hybridized carbons (Fsp3) is 0.350. The van der Waals surface area contributed by atoms with Crippen molar-refractivity contribution in [1.82, 2.24) is 4.90 Å². The maximum absolute atomic E-state index is 11.9. The van der Waals surface area contributed by atoms with Gasteiger partial charge >= 0.3 is 0 Å². The van der Waals surface area contributed by atoms with Crippen LogP contribution in [-0.4, -0.2) is 35.1 Å². The lowest BCUT2D eigenvalue weighted by molar-refractivity contribution is -0.130. The first-order chi connectivity index (χ1) is 11.6.